The first kappa shape index (κ1) is 15.0. The van der Waals surface area contributed by atoms with Gasteiger partial charge in [0.2, 0.25) is 0 Å². The lowest BCUT2D eigenvalue weighted by atomic mass is 9.78. The molecule has 1 aliphatic heterocycles. The van der Waals surface area contributed by atoms with Gasteiger partial charge in [0.05, 0.1) is 10.0 Å². The normalized spacial score (nSPS) is 25.3. The summed E-state index contributed by atoms with van der Waals surface area (Å²) in [7, 11) is 0. The number of rotatable bonds is 1. The van der Waals surface area contributed by atoms with E-state index in [0.29, 0.717) is 27.7 Å². The van der Waals surface area contributed by atoms with Gasteiger partial charge in [-0.3, -0.25) is 0 Å². The number of carbonyl (C=O) groups is 1. The highest BCUT2D eigenvalue weighted by Gasteiger charge is 2.35. The van der Waals surface area contributed by atoms with Crippen LogP contribution in [0.2, 0.25) is 10.0 Å². The molecule has 3 rings (SSSR count). The molecule has 0 radical (unpaired) electrons. The maximum atomic E-state index is 12.6. The van der Waals surface area contributed by atoms with Gasteiger partial charge in [-0.1, -0.05) is 36.0 Å². The Morgan fingerprint density at radius 1 is 1.10 bits per heavy atom. The van der Waals surface area contributed by atoms with Crippen molar-refractivity contribution in [3.05, 3.63) is 28.2 Å². The summed E-state index contributed by atoms with van der Waals surface area (Å²) in [5.74, 6) is 0.687. The van der Waals surface area contributed by atoms with Crippen LogP contribution in [0.15, 0.2) is 18.2 Å². The fourth-order valence-corrected chi connectivity index (χ4v) is 3.94. The lowest BCUT2D eigenvalue weighted by molar-refractivity contribution is 0.0909. The van der Waals surface area contributed by atoms with Crippen LogP contribution in [0.1, 0.15) is 38.5 Å². The van der Waals surface area contributed by atoms with Crippen molar-refractivity contribution in [2.24, 2.45) is 5.92 Å². The number of benzene rings is 1. The van der Waals surface area contributed by atoms with Crippen molar-refractivity contribution >= 4 is 34.9 Å². The first-order chi connectivity index (χ1) is 10.1. The molecule has 1 aromatic carbocycles. The van der Waals surface area contributed by atoms with Crippen LogP contribution in [0.3, 0.4) is 0 Å². The van der Waals surface area contributed by atoms with Crippen molar-refractivity contribution in [1.29, 1.82) is 0 Å². The van der Waals surface area contributed by atoms with Crippen molar-refractivity contribution in [2.45, 2.75) is 44.6 Å². The molecule has 1 N–H and O–H groups in total. The molecule has 2 atom stereocenters. The van der Waals surface area contributed by atoms with E-state index in [1.807, 2.05) is 4.90 Å². The molecule has 1 saturated heterocycles. The van der Waals surface area contributed by atoms with E-state index in [2.05, 4.69) is 5.32 Å². The predicted molar refractivity (Wildman–Crippen MR) is 87.2 cm³/mol. The van der Waals surface area contributed by atoms with Crippen LogP contribution in [-0.2, 0) is 0 Å². The number of amides is 2. The number of nitrogens with zero attached hydrogens (tertiary/aromatic N) is 1. The highest BCUT2D eigenvalue weighted by atomic mass is 35.5. The molecule has 1 saturated carbocycles. The van der Waals surface area contributed by atoms with Crippen molar-refractivity contribution in [2.75, 3.05) is 11.9 Å². The lowest BCUT2D eigenvalue weighted by Gasteiger charge is -2.44. The number of hydrogen-bond acceptors (Lipinski definition) is 1. The van der Waals surface area contributed by atoms with Gasteiger partial charge in [0, 0.05) is 18.3 Å². The van der Waals surface area contributed by atoms with Gasteiger partial charge < -0.3 is 10.2 Å². The van der Waals surface area contributed by atoms with E-state index in [-0.39, 0.29) is 6.03 Å². The molecule has 1 aliphatic carbocycles. The van der Waals surface area contributed by atoms with E-state index in [1.165, 1.54) is 25.7 Å². The number of fused-ring (bicyclic) bond motifs is 1. The first-order valence-corrected chi connectivity index (χ1v) is 8.43. The molecule has 0 bridgehead atoms. The standard InChI is InChI=1S/C16H20Cl2N2O/c17-13-8-7-12(10-14(13)18)19-16(21)20-9-3-5-11-4-1-2-6-15(11)20/h7-8,10-11,15H,1-6,9H2,(H,19,21)/t11-,15-/m1/s1. The summed E-state index contributed by atoms with van der Waals surface area (Å²) < 4.78 is 0. The highest BCUT2D eigenvalue weighted by molar-refractivity contribution is 6.42. The highest BCUT2D eigenvalue weighted by Crippen LogP contribution is 2.35. The van der Waals surface area contributed by atoms with E-state index in [4.69, 9.17) is 23.2 Å². The Kier molecular flexibility index (Phi) is 4.60. The summed E-state index contributed by atoms with van der Waals surface area (Å²) in [4.78, 5) is 14.6. The number of anilines is 1. The molecule has 0 spiro atoms. The van der Waals surface area contributed by atoms with Crippen molar-refractivity contribution in [1.82, 2.24) is 4.90 Å². The third-order valence-corrected chi connectivity index (χ3v) is 5.41. The molecular weight excluding hydrogens is 307 g/mol. The van der Waals surface area contributed by atoms with Gasteiger partial charge in [0.15, 0.2) is 0 Å². The smallest absolute Gasteiger partial charge is 0.321 e. The van der Waals surface area contributed by atoms with Crippen molar-refractivity contribution in [3.63, 3.8) is 0 Å². The van der Waals surface area contributed by atoms with Gasteiger partial charge in [-0.25, -0.2) is 4.79 Å². The molecule has 5 heteroatoms. The summed E-state index contributed by atoms with van der Waals surface area (Å²) in [5, 5.41) is 3.92. The van der Waals surface area contributed by atoms with Gasteiger partial charge in [-0.05, 0) is 49.8 Å². The van der Waals surface area contributed by atoms with E-state index in [1.54, 1.807) is 18.2 Å². The molecule has 21 heavy (non-hydrogen) atoms. The minimum atomic E-state index is -0.00927. The molecule has 2 aliphatic rings. The van der Waals surface area contributed by atoms with E-state index >= 15 is 0 Å². The topological polar surface area (TPSA) is 32.3 Å². The summed E-state index contributed by atoms with van der Waals surface area (Å²) in [5.41, 5.74) is 0.701. The second-order valence-corrected chi connectivity index (χ2v) is 6.82. The summed E-state index contributed by atoms with van der Waals surface area (Å²) in [6.07, 6.45) is 7.32. The zero-order valence-electron chi connectivity index (χ0n) is 11.9. The van der Waals surface area contributed by atoms with Crippen LogP contribution in [0, 0.1) is 5.92 Å². The molecule has 3 nitrogen and oxygen atoms in total. The number of hydrogen-bond donors (Lipinski definition) is 1. The minimum Gasteiger partial charge on any atom is -0.321 e. The fraction of sp³-hybridized carbons (Fsp3) is 0.562. The Balaban J connectivity index is 1.70. The fourth-order valence-electron chi connectivity index (χ4n) is 3.65. The Labute approximate surface area is 135 Å². The molecule has 1 aromatic rings. The Morgan fingerprint density at radius 3 is 2.67 bits per heavy atom. The maximum Gasteiger partial charge on any atom is 0.322 e. The SMILES string of the molecule is O=C(Nc1ccc(Cl)c(Cl)c1)N1CCC[C@H]2CCCC[C@H]21. The molecule has 0 unspecified atom stereocenters. The Morgan fingerprint density at radius 2 is 1.86 bits per heavy atom. The van der Waals surface area contributed by atoms with Crippen LogP contribution in [0.4, 0.5) is 10.5 Å². The van der Waals surface area contributed by atoms with Gasteiger partial charge in [-0.2, -0.15) is 0 Å². The summed E-state index contributed by atoms with van der Waals surface area (Å²) in [6, 6.07) is 5.60. The number of piperidine rings is 1. The molecule has 114 valence electrons. The van der Waals surface area contributed by atoms with Crippen LogP contribution < -0.4 is 5.32 Å². The van der Waals surface area contributed by atoms with E-state index in [0.717, 1.165) is 19.4 Å². The summed E-state index contributed by atoms with van der Waals surface area (Å²) >= 11 is 11.9. The van der Waals surface area contributed by atoms with Gasteiger partial charge in [0.25, 0.3) is 0 Å². The predicted octanol–water partition coefficient (Wildman–Crippen LogP) is 5.18. The maximum absolute atomic E-state index is 12.6. The molecule has 0 aromatic heterocycles. The number of halogens is 2. The Bertz CT molecular complexity index is 533. The monoisotopic (exact) mass is 326 g/mol. The largest absolute Gasteiger partial charge is 0.322 e. The third kappa shape index (κ3) is 3.29. The first-order valence-electron chi connectivity index (χ1n) is 7.68. The number of nitrogens with one attached hydrogen (secondary N) is 1. The van der Waals surface area contributed by atoms with Gasteiger partial charge in [-0.15, -0.1) is 0 Å². The second kappa shape index (κ2) is 6.45. The Hall–Kier alpha value is -0.930. The zero-order chi connectivity index (χ0) is 14.8. The van der Waals surface area contributed by atoms with Crippen LogP contribution in [0.25, 0.3) is 0 Å². The number of carbonyl (C=O) groups excluding carboxylic acids is 1. The zero-order valence-corrected chi connectivity index (χ0v) is 13.5. The molecule has 2 amide bonds. The summed E-state index contributed by atoms with van der Waals surface area (Å²) in [6.45, 7) is 0.855. The molecule has 1 heterocycles. The number of likely N-dealkylation sites (tertiary alicyclic amines) is 1. The third-order valence-electron chi connectivity index (χ3n) is 4.67. The average molecular weight is 327 g/mol. The van der Waals surface area contributed by atoms with E-state index in [9.17, 15) is 4.79 Å². The van der Waals surface area contributed by atoms with Gasteiger partial charge in [0.1, 0.15) is 0 Å². The van der Waals surface area contributed by atoms with Crippen LogP contribution in [-0.4, -0.2) is 23.5 Å². The van der Waals surface area contributed by atoms with Crippen molar-refractivity contribution < 1.29 is 4.79 Å². The lowest BCUT2D eigenvalue weighted by Crippen LogP contribution is -2.51. The van der Waals surface area contributed by atoms with Crippen LogP contribution in [0.5, 0.6) is 0 Å². The van der Waals surface area contributed by atoms with Crippen LogP contribution >= 0.6 is 23.2 Å². The van der Waals surface area contributed by atoms with Gasteiger partial charge >= 0.3 is 6.03 Å². The minimum absolute atomic E-state index is 0.00927. The molecular formula is C16H20Cl2N2O. The van der Waals surface area contributed by atoms with E-state index < -0.39 is 0 Å². The average Bonchev–Trinajstić information content (AvgIpc) is 2.50. The van der Waals surface area contributed by atoms with Crippen molar-refractivity contribution in [3.8, 4) is 0 Å². The number of urea groups is 1. The quantitative estimate of drug-likeness (QED) is 0.757. The second-order valence-electron chi connectivity index (χ2n) is 6.01. The molecule has 2 fully saturated rings.